The second kappa shape index (κ2) is 8.41. The Morgan fingerprint density at radius 3 is 2.87 bits per heavy atom. The molecule has 1 heterocycles. The number of nitrogens with zero attached hydrogens (tertiary/aromatic N) is 1. The number of carbonyl (C=O) groups is 1. The van der Waals surface area contributed by atoms with Crippen LogP contribution in [0.15, 0.2) is 42.7 Å². The predicted molar refractivity (Wildman–Crippen MR) is 89.2 cm³/mol. The number of benzene rings is 1. The third-order valence-electron chi connectivity index (χ3n) is 3.47. The maximum Gasteiger partial charge on any atom is 0.252 e. The van der Waals surface area contributed by atoms with Crippen LogP contribution in [0.3, 0.4) is 0 Å². The molecular formula is C18H22N2O3. The fourth-order valence-corrected chi connectivity index (χ4v) is 2.28. The van der Waals surface area contributed by atoms with Crippen LogP contribution in [0, 0.1) is 6.92 Å². The standard InChI is InChI=1S/C18H22N2O3/c1-13-4-3-5-14(8-13)15-9-16(11-19-10-15)18(22)20-7-6-17(21)12-23-2/h3-5,8-11,17,21H,6-7,12H2,1-2H3,(H,20,22). The van der Waals surface area contributed by atoms with Crippen molar-refractivity contribution >= 4 is 5.91 Å². The summed E-state index contributed by atoms with van der Waals surface area (Å²) < 4.78 is 4.85. The van der Waals surface area contributed by atoms with Crippen LogP contribution in [-0.4, -0.2) is 42.4 Å². The van der Waals surface area contributed by atoms with E-state index in [1.165, 1.54) is 7.11 Å². The first-order chi connectivity index (χ1) is 11.1. The van der Waals surface area contributed by atoms with Crippen LogP contribution in [0.25, 0.3) is 11.1 Å². The van der Waals surface area contributed by atoms with Crippen molar-refractivity contribution in [1.82, 2.24) is 10.3 Å². The van der Waals surface area contributed by atoms with Gasteiger partial charge in [-0.3, -0.25) is 9.78 Å². The molecule has 1 amide bonds. The molecule has 0 spiro atoms. The lowest BCUT2D eigenvalue weighted by atomic mass is 10.0. The average Bonchev–Trinajstić information content (AvgIpc) is 2.55. The highest BCUT2D eigenvalue weighted by atomic mass is 16.5. The number of methoxy groups -OCH3 is 1. The number of hydrogen-bond donors (Lipinski definition) is 2. The van der Waals surface area contributed by atoms with Gasteiger partial charge in [-0.25, -0.2) is 0 Å². The molecule has 23 heavy (non-hydrogen) atoms. The SMILES string of the molecule is COCC(O)CCNC(=O)c1cncc(-c2cccc(C)c2)c1. The number of rotatable bonds is 7. The van der Waals surface area contributed by atoms with E-state index < -0.39 is 6.10 Å². The summed E-state index contributed by atoms with van der Waals surface area (Å²) in [4.78, 5) is 16.3. The molecule has 0 saturated heterocycles. The predicted octanol–water partition coefficient (Wildman–Crippen LogP) is 2.18. The molecule has 2 rings (SSSR count). The fraction of sp³-hybridized carbons (Fsp3) is 0.333. The molecule has 0 radical (unpaired) electrons. The smallest absolute Gasteiger partial charge is 0.252 e. The van der Waals surface area contributed by atoms with E-state index in [2.05, 4.69) is 16.4 Å². The minimum atomic E-state index is -0.572. The van der Waals surface area contributed by atoms with Crippen molar-refractivity contribution in [3.05, 3.63) is 53.9 Å². The van der Waals surface area contributed by atoms with E-state index in [4.69, 9.17) is 4.74 Å². The highest BCUT2D eigenvalue weighted by molar-refractivity contribution is 5.95. The van der Waals surface area contributed by atoms with Gasteiger partial charge >= 0.3 is 0 Å². The summed E-state index contributed by atoms with van der Waals surface area (Å²) in [6.07, 6.45) is 3.16. The van der Waals surface area contributed by atoms with Crippen LogP contribution in [0.1, 0.15) is 22.3 Å². The third kappa shape index (κ3) is 5.16. The lowest BCUT2D eigenvalue weighted by Gasteiger charge is -2.10. The summed E-state index contributed by atoms with van der Waals surface area (Å²) in [6, 6.07) is 9.88. The van der Waals surface area contributed by atoms with E-state index in [1.807, 2.05) is 31.2 Å². The van der Waals surface area contributed by atoms with Gasteiger partial charge in [-0.2, -0.15) is 0 Å². The van der Waals surface area contributed by atoms with Crippen molar-refractivity contribution in [2.24, 2.45) is 0 Å². The molecule has 0 aliphatic carbocycles. The Balaban J connectivity index is 2.00. The van der Waals surface area contributed by atoms with Crippen molar-refractivity contribution in [1.29, 1.82) is 0 Å². The van der Waals surface area contributed by atoms with Gasteiger partial charge in [0.2, 0.25) is 0 Å². The first kappa shape index (κ1) is 17.1. The third-order valence-corrected chi connectivity index (χ3v) is 3.47. The first-order valence-electron chi connectivity index (χ1n) is 7.57. The second-order valence-electron chi connectivity index (χ2n) is 5.49. The van der Waals surface area contributed by atoms with Gasteiger partial charge in [0.05, 0.1) is 18.3 Å². The van der Waals surface area contributed by atoms with E-state index in [0.717, 1.165) is 16.7 Å². The van der Waals surface area contributed by atoms with Crippen molar-refractivity contribution in [2.75, 3.05) is 20.3 Å². The molecule has 0 fully saturated rings. The van der Waals surface area contributed by atoms with E-state index in [-0.39, 0.29) is 12.5 Å². The van der Waals surface area contributed by atoms with Gasteiger partial charge in [0.25, 0.3) is 5.91 Å². The molecule has 1 aromatic heterocycles. The Morgan fingerprint density at radius 2 is 2.13 bits per heavy atom. The van der Waals surface area contributed by atoms with E-state index >= 15 is 0 Å². The highest BCUT2D eigenvalue weighted by Gasteiger charge is 2.09. The molecule has 0 aliphatic rings. The number of hydrogen-bond acceptors (Lipinski definition) is 4. The zero-order valence-corrected chi connectivity index (χ0v) is 13.5. The molecule has 5 heteroatoms. The minimum absolute atomic E-state index is 0.198. The van der Waals surface area contributed by atoms with Crippen LogP contribution < -0.4 is 5.32 Å². The van der Waals surface area contributed by atoms with E-state index in [9.17, 15) is 9.90 Å². The molecule has 5 nitrogen and oxygen atoms in total. The molecule has 0 bridgehead atoms. The number of pyridine rings is 1. The zero-order valence-electron chi connectivity index (χ0n) is 13.5. The minimum Gasteiger partial charge on any atom is -0.391 e. The van der Waals surface area contributed by atoms with Gasteiger partial charge < -0.3 is 15.2 Å². The van der Waals surface area contributed by atoms with Crippen molar-refractivity contribution in [3.8, 4) is 11.1 Å². The summed E-state index contributed by atoms with van der Waals surface area (Å²) in [5.74, 6) is -0.198. The van der Waals surface area contributed by atoms with Crippen molar-refractivity contribution in [2.45, 2.75) is 19.4 Å². The number of aliphatic hydroxyl groups is 1. The number of carbonyl (C=O) groups excluding carboxylic acids is 1. The van der Waals surface area contributed by atoms with Gasteiger partial charge in [-0.1, -0.05) is 29.8 Å². The van der Waals surface area contributed by atoms with Gasteiger partial charge in [-0.05, 0) is 25.0 Å². The van der Waals surface area contributed by atoms with Gasteiger partial charge in [0.15, 0.2) is 0 Å². The maximum atomic E-state index is 12.2. The van der Waals surface area contributed by atoms with E-state index in [0.29, 0.717) is 18.5 Å². The largest absolute Gasteiger partial charge is 0.391 e. The molecule has 0 saturated carbocycles. The van der Waals surface area contributed by atoms with Gasteiger partial charge in [0, 0.05) is 31.6 Å². The van der Waals surface area contributed by atoms with Gasteiger partial charge in [0.1, 0.15) is 0 Å². The lowest BCUT2D eigenvalue weighted by Crippen LogP contribution is -2.28. The highest BCUT2D eigenvalue weighted by Crippen LogP contribution is 2.20. The topological polar surface area (TPSA) is 71.5 Å². The average molecular weight is 314 g/mol. The molecule has 0 aliphatic heterocycles. The number of aliphatic hydroxyl groups excluding tert-OH is 1. The van der Waals surface area contributed by atoms with Crippen molar-refractivity contribution < 1.29 is 14.6 Å². The summed E-state index contributed by atoms with van der Waals surface area (Å²) in [5.41, 5.74) is 3.60. The zero-order chi connectivity index (χ0) is 16.7. The Bertz CT molecular complexity index is 658. The van der Waals surface area contributed by atoms with Crippen LogP contribution in [0.5, 0.6) is 0 Å². The van der Waals surface area contributed by atoms with Crippen LogP contribution >= 0.6 is 0 Å². The van der Waals surface area contributed by atoms with Crippen molar-refractivity contribution in [3.63, 3.8) is 0 Å². The number of aryl methyl sites for hydroxylation is 1. The summed E-state index contributed by atoms with van der Waals surface area (Å²) in [5, 5.41) is 12.3. The second-order valence-corrected chi connectivity index (χ2v) is 5.49. The number of ether oxygens (including phenoxy) is 1. The molecule has 2 N–H and O–H groups in total. The van der Waals surface area contributed by atoms with E-state index in [1.54, 1.807) is 12.4 Å². The Morgan fingerprint density at radius 1 is 1.30 bits per heavy atom. The fourth-order valence-electron chi connectivity index (χ4n) is 2.28. The monoisotopic (exact) mass is 314 g/mol. The Hall–Kier alpha value is -2.24. The molecule has 1 atom stereocenters. The molecule has 122 valence electrons. The number of nitrogens with one attached hydrogen (secondary N) is 1. The molecule has 1 aromatic carbocycles. The Kier molecular flexibility index (Phi) is 6.26. The Labute approximate surface area is 136 Å². The van der Waals surface area contributed by atoms with Crippen LogP contribution in [-0.2, 0) is 4.74 Å². The molecule has 1 unspecified atom stereocenters. The maximum absolute atomic E-state index is 12.2. The summed E-state index contributed by atoms with van der Waals surface area (Å²) in [7, 11) is 1.53. The summed E-state index contributed by atoms with van der Waals surface area (Å²) in [6.45, 7) is 2.68. The normalized spacial score (nSPS) is 12.0. The lowest BCUT2D eigenvalue weighted by molar-refractivity contribution is 0.0587. The number of amides is 1. The molecule has 2 aromatic rings. The van der Waals surface area contributed by atoms with Gasteiger partial charge in [-0.15, -0.1) is 0 Å². The number of aromatic nitrogens is 1. The molecular weight excluding hydrogens is 292 g/mol. The quantitative estimate of drug-likeness (QED) is 0.822. The van der Waals surface area contributed by atoms with Crippen LogP contribution in [0.4, 0.5) is 0 Å². The first-order valence-corrected chi connectivity index (χ1v) is 7.57. The summed E-state index contributed by atoms with van der Waals surface area (Å²) >= 11 is 0. The van der Waals surface area contributed by atoms with Crippen LogP contribution in [0.2, 0.25) is 0 Å².